The molecule has 110 valence electrons. The van der Waals surface area contributed by atoms with Crippen molar-refractivity contribution in [2.45, 2.75) is 33.0 Å². The lowest BCUT2D eigenvalue weighted by Crippen LogP contribution is -2.35. The van der Waals surface area contributed by atoms with Gasteiger partial charge in [0.15, 0.2) is 0 Å². The SMILES string of the molecule is CN(C(=O)CNC=O)c1ccc(COC(C)(C)C)cc1. The number of ether oxygens (including phenoxy) is 1. The van der Waals surface area contributed by atoms with Crippen LogP contribution in [0.5, 0.6) is 0 Å². The maximum absolute atomic E-state index is 11.7. The highest BCUT2D eigenvalue weighted by atomic mass is 16.5. The third-order valence-electron chi connectivity index (χ3n) is 2.71. The molecule has 20 heavy (non-hydrogen) atoms. The maximum atomic E-state index is 11.7. The Morgan fingerprint density at radius 2 is 1.90 bits per heavy atom. The molecular weight excluding hydrogens is 256 g/mol. The van der Waals surface area contributed by atoms with E-state index in [2.05, 4.69) is 5.32 Å². The summed E-state index contributed by atoms with van der Waals surface area (Å²) >= 11 is 0. The van der Waals surface area contributed by atoms with Gasteiger partial charge < -0.3 is 15.0 Å². The van der Waals surface area contributed by atoms with E-state index in [0.29, 0.717) is 13.0 Å². The van der Waals surface area contributed by atoms with Crippen LogP contribution in [0, 0.1) is 0 Å². The number of benzene rings is 1. The number of nitrogens with one attached hydrogen (secondary N) is 1. The average Bonchev–Trinajstić information content (AvgIpc) is 2.41. The van der Waals surface area contributed by atoms with Gasteiger partial charge in [0.2, 0.25) is 12.3 Å². The minimum atomic E-state index is -0.175. The summed E-state index contributed by atoms with van der Waals surface area (Å²) in [6.07, 6.45) is 0.513. The predicted octanol–water partition coefficient (Wildman–Crippen LogP) is 1.71. The molecule has 0 bridgehead atoms. The van der Waals surface area contributed by atoms with Gasteiger partial charge in [-0.05, 0) is 38.5 Å². The van der Waals surface area contributed by atoms with Crippen LogP contribution >= 0.6 is 0 Å². The first-order chi connectivity index (χ1) is 9.33. The molecule has 0 spiro atoms. The van der Waals surface area contributed by atoms with Crippen LogP contribution in [-0.4, -0.2) is 31.5 Å². The summed E-state index contributed by atoms with van der Waals surface area (Å²) in [7, 11) is 1.68. The smallest absolute Gasteiger partial charge is 0.246 e. The quantitative estimate of drug-likeness (QED) is 0.806. The zero-order chi connectivity index (χ0) is 15.2. The highest BCUT2D eigenvalue weighted by molar-refractivity contribution is 5.94. The van der Waals surface area contributed by atoms with E-state index >= 15 is 0 Å². The molecule has 0 aliphatic heterocycles. The van der Waals surface area contributed by atoms with E-state index in [1.165, 1.54) is 4.90 Å². The number of nitrogens with zero attached hydrogens (tertiary/aromatic N) is 1. The fourth-order valence-electron chi connectivity index (χ4n) is 1.51. The summed E-state index contributed by atoms with van der Waals surface area (Å²) in [5.41, 5.74) is 1.66. The minimum absolute atomic E-state index is 0.00507. The highest BCUT2D eigenvalue weighted by Gasteiger charge is 2.12. The van der Waals surface area contributed by atoms with Gasteiger partial charge in [0.25, 0.3) is 0 Å². The van der Waals surface area contributed by atoms with Gasteiger partial charge in [-0.3, -0.25) is 9.59 Å². The van der Waals surface area contributed by atoms with Gasteiger partial charge in [0.1, 0.15) is 0 Å². The first-order valence-electron chi connectivity index (χ1n) is 6.50. The van der Waals surface area contributed by atoms with Crippen LogP contribution in [0.4, 0.5) is 5.69 Å². The van der Waals surface area contributed by atoms with Crippen LogP contribution in [-0.2, 0) is 20.9 Å². The van der Waals surface area contributed by atoms with Crippen molar-refractivity contribution in [3.63, 3.8) is 0 Å². The Kier molecular flexibility index (Phi) is 5.70. The van der Waals surface area contributed by atoms with Gasteiger partial charge in [0, 0.05) is 12.7 Å². The number of hydrogen-bond acceptors (Lipinski definition) is 3. The van der Waals surface area contributed by atoms with Gasteiger partial charge in [0.05, 0.1) is 18.8 Å². The second kappa shape index (κ2) is 7.05. The second-order valence-electron chi connectivity index (χ2n) is 5.52. The van der Waals surface area contributed by atoms with Crippen molar-refractivity contribution < 1.29 is 14.3 Å². The molecule has 1 N–H and O–H groups in total. The summed E-state index contributed by atoms with van der Waals surface area (Å²) in [6.45, 7) is 6.55. The summed E-state index contributed by atoms with van der Waals surface area (Å²) in [5, 5.41) is 2.36. The molecule has 0 saturated carbocycles. The zero-order valence-electron chi connectivity index (χ0n) is 12.5. The number of likely N-dealkylation sites (N-methyl/N-ethyl adjacent to an activating group) is 1. The first kappa shape index (κ1) is 16.2. The Balaban J connectivity index is 2.61. The summed E-state index contributed by atoms with van der Waals surface area (Å²) < 4.78 is 5.69. The highest BCUT2D eigenvalue weighted by Crippen LogP contribution is 2.16. The predicted molar refractivity (Wildman–Crippen MR) is 78.5 cm³/mol. The molecule has 0 heterocycles. The summed E-state index contributed by atoms with van der Waals surface area (Å²) in [5.74, 6) is -0.171. The van der Waals surface area contributed by atoms with Crippen molar-refractivity contribution in [2.24, 2.45) is 0 Å². The Morgan fingerprint density at radius 1 is 1.30 bits per heavy atom. The molecule has 1 aromatic rings. The van der Waals surface area contributed by atoms with E-state index in [1.54, 1.807) is 7.05 Å². The number of anilines is 1. The van der Waals surface area contributed by atoms with E-state index in [4.69, 9.17) is 4.74 Å². The zero-order valence-corrected chi connectivity index (χ0v) is 12.5. The van der Waals surface area contributed by atoms with Crippen molar-refractivity contribution in [3.8, 4) is 0 Å². The van der Waals surface area contributed by atoms with E-state index in [9.17, 15) is 9.59 Å². The van der Waals surface area contributed by atoms with Crippen LogP contribution in [0.2, 0.25) is 0 Å². The fourth-order valence-corrected chi connectivity index (χ4v) is 1.51. The number of rotatable bonds is 6. The van der Waals surface area contributed by atoms with Gasteiger partial charge >= 0.3 is 0 Å². The van der Waals surface area contributed by atoms with Gasteiger partial charge in [-0.2, -0.15) is 0 Å². The molecule has 0 fully saturated rings. The average molecular weight is 278 g/mol. The number of carbonyl (C=O) groups excluding carboxylic acids is 2. The molecule has 0 radical (unpaired) electrons. The molecule has 1 aromatic carbocycles. The Labute approximate surface area is 119 Å². The Bertz CT molecular complexity index is 449. The second-order valence-corrected chi connectivity index (χ2v) is 5.52. The molecule has 1 rings (SSSR count). The van der Waals surface area contributed by atoms with Gasteiger partial charge in [-0.25, -0.2) is 0 Å². The topological polar surface area (TPSA) is 58.6 Å². The van der Waals surface area contributed by atoms with Crippen LogP contribution in [0.25, 0.3) is 0 Å². The van der Waals surface area contributed by atoms with Crippen LogP contribution < -0.4 is 10.2 Å². The molecule has 0 aromatic heterocycles. The molecule has 5 nitrogen and oxygen atoms in total. The van der Waals surface area contributed by atoms with Gasteiger partial charge in [-0.1, -0.05) is 12.1 Å². The third-order valence-corrected chi connectivity index (χ3v) is 2.71. The van der Waals surface area contributed by atoms with Crippen LogP contribution in [0.1, 0.15) is 26.3 Å². The molecular formula is C15H22N2O3. The third kappa shape index (κ3) is 5.40. The molecule has 0 atom stereocenters. The van der Waals surface area contributed by atoms with Crippen molar-refractivity contribution in [1.82, 2.24) is 5.32 Å². The Morgan fingerprint density at radius 3 is 2.40 bits per heavy atom. The molecule has 0 saturated heterocycles. The van der Waals surface area contributed by atoms with Crippen molar-refractivity contribution in [3.05, 3.63) is 29.8 Å². The fraction of sp³-hybridized carbons (Fsp3) is 0.467. The maximum Gasteiger partial charge on any atom is 0.246 e. The summed E-state index contributed by atoms with van der Waals surface area (Å²) in [6, 6.07) is 7.58. The largest absolute Gasteiger partial charge is 0.371 e. The van der Waals surface area contributed by atoms with Crippen LogP contribution in [0.15, 0.2) is 24.3 Å². The minimum Gasteiger partial charge on any atom is -0.371 e. The number of amides is 2. The molecule has 2 amide bonds. The van der Waals surface area contributed by atoms with E-state index in [-0.39, 0.29) is 18.1 Å². The van der Waals surface area contributed by atoms with E-state index in [1.807, 2.05) is 45.0 Å². The van der Waals surface area contributed by atoms with Crippen molar-refractivity contribution in [1.29, 1.82) is 0 Å². The number of carbonyl (C=O) groups is 2. The van der Waals surface area contributed by atoms with Gasteiger partial charge in [-0.15, -0.1) is 0 Å². The lowest BCUT2D eigenvalue weighted by atomic mass is 10.1. The molecule has 0 aliphatic rings. The standard InChI is InChI=1S/C15H22N2O3/c1-15(2,3)20-10-12-5-7-13(8-6-12)17(4)14(19)9-16-11-18/h5-8,11H,9-10H2,1-4H3,(H,16,18). The summed E-state index contributed by atoms with van der Waals surface area (Å²) in [4.78, 5) is 23.4. The van der Waals surface area contributed by atoms with E-state index in [0.717, 1.165) is 11.3 Å². The number of hydrogen-bond donors (Lipinski definition) is 1. The first-order valence-corrected chi connectivity index (χ1v) is 6.50. The van der Waals surface area contributed by atoms with Crippen LogP contribution in [0.3, 0.4) is 0 Å². The lowest BCUT2D eigenvalue weighted by Gasteiger charge is -2.20. The Hall–Kier alpha value is -1.88. The molecule has 0 unspecified atom stereocenters. The normalized spacial score (nSPS) is 11.0. The van der Waals surface area contributed by atoms with E-state index < -0.39 is 0 Å². The molecule has 0 aliphatic carbocycles. The van der Waals surface area contributed by atoms with Crippen molar-refractivity contribution in [2.75, 3.05) is 18.5 Å². The lowest BCUT2D eigenvalue weighted by molar-refractivity contribution is -0.119. The molecule has 5 heteroatoms. The van der Waals surface area contributed by atoms with Crippen molar-refractivity contribution >= 4 is 18.0 Å². The monoisotopic (exact) mass is 278 g/mol.